The van der Waals surface area contributed by atoms with Crippen molar-refractivity contribution in [1.29, 1.82) is 0 Å². The maximum Gasteiger partial charge on any atom is 0.251 e. The Morgan fingerprint density at radius 1 is 1.00 bits per heavy atom. The monoisotopic (exact) mass is 471 g/mol. The van der Waals surface area contributed by atoms with E-state index in [1.807, 2.05) is 18.2 Å². The first kappa shape index (κ1) is 23.9. The van der Waals surface area contributed by atoms with Crippen LogP contribution < -0.4 is 10.0 Å². The van der Waals surface area contributed by atoms with E-state index in [2.05, 4.69) is 27.1 Å². The van der Waals surface area contributed by atoms with Gasteiger partial charge in [0.05, 0.1) is 11.0 Å². The fourth-order valence-corrected chi connectivity index (χ4v) is 5.64. The second-order valence-electron chi connectivity index (χ2n) is 8.83. The predicted molar refractivity (Wildman–Crippen MR) is 127 cm³/mol. The molecular weight excluding hydrogens is 438 g/mol. The van der Waals surface area contributed by atoms with Crippen molar-refractivity contribution in [2.24, 2.45) is 0 Å². The summed E-state index contributed by atoms with van der Waals surface area (Å²) in [6, 6.07) is 16.8. The molecule has 4 rings (SSSR count). The van der Waals surface area contributed by atoms with Crippen LogP contribution in [0, 0.1) is 0 Å². The van der Waals surface area contributed by atoms with Crippen molar-refractivity contribution in [3.63, 3.8) is 0 Å². The molecule has 8 heteroatoms. The van der Waals surface area contributed by atoms with Gasteiger partial charge in [0.15, 0.2) is 0 Å². The van der Waals surface area contributed by atoms with E-state index in [1.165, 1.54) is 17.7 Å². The summed E-state index contributed by atoms with van der Waals surface area (Å²) >= 11 is 0. The Labute approximate surface area is 196 Å². The number of sulfonamides is 1. The fourth-order valence-electron chi connectivity index (χ4n) is 4.53. The van der Waals surface area contributed by atoms with Gasteiger partial charge in [-0.3, -0.25) is 9.69 Å². The molecular formula is C25H33N3O4S. The molecule has 1 amide bonds. The lowest BCUT2D eigenvalue weighted by atomic mass is 10.0. The molecule has 2 aliphatic rings. The molecule has 2 aromatic carbocycles. The summed E-state index contributed by atoms with van der Waals surface area (Å²) < 4.78 is 33.5. The Hall–Kier alpha value is -2.26. The first-order valence-corrected chi connectivity index (χ1v) is 13.3. The number of likely N-dealkylation sites (tertiary alicyclic amines) is 1. The second kappa shape index (κ2) is 11.2. The van der Waals surface area contributed by atoms with E-state index in [0.29, 0.717) is 18.7 Å². The van der Waals surface area contributed by atoms with Crippen LogP contribution in [0.25, 0.3) is 0 Å². The third-order valence-electron chi connectivity index (χ3n) is 6.41. The van der Waals surface area contributed by atoms with Gasteiger partial charge in [-0.2, -0.15) is 0 Å². The number of amides is 1. The normalized spacial score (nSPS) is 21.7. The largest absolute Gasteiger partial charge is 0.377 e. The maximum absolute atomic E-state index is 12.8. The van der Waals surface area contributed by atoms with Crippen molar-refractivity contribution in [2.45, 2.75) is 55.7 Å². The number of rotatable bonds is 9. The van der Waals surface area contributed by atoms with E-state index in [4.69, 9.17) is 4.74 Å². The van der Waals surface area contributed by atoms with Gasteiger partial charge in [-0.05, 0) is 56.0 Å². The molecule has 0 aliphatic carbocycles. The van der Waals surface area contributed by atoms with Gasteiger partial charge in [-0.15, -0.1) is 0 Å². The van der Waals surface area contributed by atoms with Crippen LogP contribution in [0.15, 0.2) is 59.5 Å². The van der Waals surface area contributed by atoms with E-state index >= 15 is 0 Å². The topological polar surface area (TPSA) is 87.7 Å². The molecule has 2 N–H and O–H groups in total. The van der Waals surface area contributed by atoms with Crippen LogP contribution >= 0.6 is 0 Å². The lowest BCUT2D eigenvalue weighted by Gasteiger charge is -2.36. The highest BCUT2D eigenvalue weighted by atomic mass is 32.2. The number of benzene rings is 2. The first-order valence-electron chi connectivity index (χ1n) is 11.8. The van der Waals surface area contributed by atoms with Crippen LogP contribution in [0.4, 0.5) is 0 Å². The molecule has 0 bridgehead atoms. The van der Waals surface area contributed by atoms with Gasteiger partial charge in [-0.1, -0.05) is 42.8 Å². The summed E-state index contributed by atoms with van der Waals surface area (Å²) in [4.78, 5) is 15.4. The Kier molecular flexibility index (Phi) is 8.14. The fraction of sp³-hybridized carbons (Fsp3) is 0.480. The molecule has 2 aliphatic heterocycles. The van der Waals surface area contributed by atoms with Crippen molar-refractivity contribution in [3.8, 4) is 0 Å². The highest BCUT2D eigenvalue weighted by Gasteiger charge is 2.24. The summed E-state index contributed by atoms with van der Waals surface area (Å²) in [7, 11) is -3.70. The smallest absolute Gasteiger partial charge is 0.251 e. The molecule has 2 heterocycles. The molecule has 7 nitrogen and oxygen atoms in total. The molecule has 0 aromatic heterocycles. The van der Waals surface area contributed by atoms with Crippen LogP contribution in [0.3, 0.4) is 0 Å². The molecule has 178 valence electrons. The zero-order valence-corrected chi connectivity index (χ0v) is 19.7. The van der Waals surface area contributed by atoms with Gasteiger partial charge in [-0.25, -0.2) is 13.1 Å². The minimum absolute atomic E-state index is 0.0828. The molecule has 0 saturated carbocycles. The standard InChI is InChI=1S/C25H33N3O4S/c29-25(26-17-22-11-4-5-14-28(22)19-20-8-2-1-3-9-20)21-10-6-13-24(16-21)33(30,31)27-18-23-12-7-15-32-23/h1-3,6,8-10,13,16,22-23,27H,4-5,7,11-12,14-15,17-19H2,(H,26,29). The van der Waals surface area contributed by atoms with Crippen molar-refractivity contribution in [2.75, 3.05) is 26.2 Å². The van der Waals surface area contributed by atoms with Crippen LogP contribution in [-0.4, -0.2) is 57.6 Å². The van der Waals surface area contributed by atoms with E-state index in [9.17, 15) is 13.2 Å². The van der Waals surface area contributed by atoms with Gasteiger partial charge in [0, 0.05) is 37.8 Å². The van der Waals surface area contributed by atoms with E-state index in [-0.39, 0.29) is 29.5 Å². The minimum Gasteiger partial charge on any atom is -0.377 e. The van der Waals surface area contributed by atoms with Gasteiger partial charge >= 0.3 is 0 Å². The number of hydrogen-bond donors (Lipinski definition) is 2. The van der Waals surface area contributed by atoms with Crippen LogP contribution in [0.1, 0.15) is 48.0 Å². The van der Waals surface area contributed by atoms with Crippen LogP contribution in [0.2, 0.25) is 0 Å². The van der Waals surface area contributed by atoms with E-state index in [0.717, 1.165) is 45.2 Å². The Morgan fingerprint density at radius 3 is 2.64 bits per heavy atom. The lowest BCUT2D eigenvalue weighted by molar-refractivity contribution is 0.0907. The Morgan fingerprint density at radius 2 is 1.85 bits per heavy atom. The first-order chi connectivity index (χ1) is 16.0. The lowest BCUT2D eigenvalue weighted by Crippen LogP contribution is -2.46. The Bertz CT molecular complexity index is 1020. The van der Waals surface area contributed by atoms with Gasteiger partial charge < -0.3 is 10.1 Å². The molecule has 33 heavy (non-hydrogen) atoms. The number of ether oxygens (including phenoxy) is 1. The highest BCUT2D eigenvalue weighted by Crippen LogP contribution is 2.20. The summed E-state index contributed by atoms with van der Waals surface area (Å²) in [5.41, 5.74) is 1.62. The van der Waals surface area contributed by atoms with Crippen molar-refractivity contribution < 1.29 is 17.9 Å². The third-order valence-corrected chi connectivity index (χ3v) is 7.83. The molecule has 2 atom stereocenters. The SMILES string of the molecule is O=C(NCC1CCCCN1Cc1ccccc1)c1cccc(S(=O)(=O)NCC2CCCO2)c1. The minimum atomic E-state index is -3.70. The summed E-state index contributed by atoms with van der Waals surface area (Å²) in [5, 5.41) is 3.02. The summed E-state index contributed by atoms with van der Waals surface area (Å²) in [6.07, 6.45) is 5.07. The van der Waals surface area contributed by atoms with E-state index in [1.54, 1.807) is 12.1 Å². The van der Waals surface area contributed by atoms with Crippen LogP contribution in [0.5, 0.6) is 0 Å². The van der Waals surface area contributed by atoms with Crippen molar-refractivity contribution in [3.05, 3.63) is 65.7 Å². The summed E-state index contributed by atoms with van der Waals surface area (Å²) in [5.74, 6) is -0.253. The summed E-state index contributed by atoms with van der Waals surface area (Å²) in [6.45, 7) is 3.34. The van der Waals surface area contributed by atoms with Crippen molar-refractivity contribution >= 4 is 15.9 Å². The highest BCUT2D eigenvalue weighted by molar-refractivity contribution is 7.89. The number of piperidine rings is 1. The number of carbonyl (C=O) groups is 1. The number of hydrogen-bond acceptors (Lipinski definition) is 5. The van der Waals surface area contributed by atoms with Gasteiger partial charge in [0.25, 0.3) is 5.91 Å². The third kappa shape index (κ3) is 6.63. The number of carbonyl (C=O) groups excluding carboxylic acids is 1. The number of nitrogens with one attached hydrogen (secondary N) is 2. The number of nitrogens with zero attached hydrogens (tertiary/aromatic N) is 1. The molecule has 2 saturated heterocycles. The molecule has 0 radical (unpaired) electrons. The Balaban J connectivity index is 1.34. The van der Waals surface area contributed by atoms with E-state index < -0.39 is 10.0 Å². The molecule has 2 aromatic rings. The predicted octanol–water partition coefficient (Wildman–Crippen LogP) is 2.93. The quantitative estimate of drug-likeness (QED) is 0.587. The maximum atomic E-state index is 12.8. The van der Waals surface area contributed by atoms with Crippen molar-refractivity contribution in [1.82, 2.24) is 14.9 Å². The van der Waals surface area contributed by atoms with Gasteiger partial charge in [0.2, 0.25) is 10.0 Å². The van der Waals surface area contributed by atoms with Gasteiger partial charge in [0.1, 0.15) is 0 Å². The zero-order chi connectivity index (χ0) is 23.1. The zero-order valence-electron chi connectivity index (χ0n) is 18.9. The molecule has 2 fully saturated rings. The average Bonchev–Trinajstić information content (AvgIpc) is 3.37. The average molecular weight is 472 g/mol. The second-order valence-corrected chi connectivity index (χ2v) is 10.6. The van der Waals surface area contributed by atoms with Crippen LogP contribution in [-0.2, 0) is 21.3 Å². The molecule has 2 unspecified atom stereocenters. The molecule has 0 spiro atoms.